The van der Waals surface area contributed by atoms with Crippen LogP contribution >= 0.6 is 0 Å². The molecule has 764 valence electrons. The molecule has 22 heterocycles. The summed E-state index contributed by atoms with van der Waals surface area (Å²) in [6.07, 6.45) is -87.7. The Morgan fingerprint density at radius 3 is 0.878 bits per heavy atom. The number of phenolic OH excluding ortho intramolecular Hbond substituents is 1. The Labute approximate surface area is 788 Å². The quantitative estimate of drug-likeness (QED) is 0.0191. The number of esters is 4. The number of carbonyl (C=O) groups is 7. The molecular formula is C89H111N3O47. The number of rotatable bonds is 25. The molecule has 22 saturated heterocycles. The van der Waals surface area contributed by atoms with Crippen molar-refractivity contribution >= 4 is 41.6 Å². The van der Waals surface area contributed by atoms with Crippen molar-refractivity contribution in [3.8, 4) is 5.75 Å². The lowest BCUT2D eigenvalue weighted by atomic mass is 9.95. The van der Waals surface area contributed by atoms with Crippen molar-refractivity contribution in [2.45, 2.75) is 271 Å². The molecule has 0 saturated carbocycles. The molecule has 0 aliphatic carbocycles. The molecule has 0 aromatic heterocycles. The predicted octanol–water partition coefficient (Wildman–Crippen LogP) is -10.5. The van der Waals surface area contributed by atoms with Gasteiger partial charge < -0.3 is 213 Å². The normalized spacial score (nSPS) is 39.0. The van der Waals surface area contributed by atoms with Crippen LogP contribution in [-0.2, 0) is 111 Å². The van der Waals surface area contributed by atoms with Gasteiger partial charge in [-0.2, -0.15) is 0 Å². The number of hydrogen-bond acceptors (Lipinski definition) is 47. The Balaban J connectivity index is 0.728. The minimum atomic E-state index is -2.46. The summed E-state index contributed by atoms with van der Waals surface area (Å²) in [5.74, 6) is -7.76. The number of carbonyl (C=O) groups excluding carboxylic acids is 7. The molecule has 41 atom stereocenters. The zero-order valence-electron chi connectivity index (χ0n) is 73.3. The topological polar surface area (TPSA) is 756 Å². The number of aliphatic hydroxyl groups is 20. The van der Waals surface area contributed by atoms with Crippen molar-refractivity contribution < 1.29 is 231 Å². The van der Waals surface area contributed by atoms with E-state index in [1.165, 1.54) is 109 Å². The number of nitrogens with one attached hydrogen (secondary N) is 3. The van der Waals surface area contributed by atoms with Gasteiger partial charge in [-0.15, -0.1) is 0 Å². The smallest absolute Gasteiger partial charge is 0.338 e. The number of hydrogen-bond donors (Lipinski definition) is 24. The lowest BCUT2D eigenvalue weighted by molar-refractivity contribution is -0.396. The fourth-order valence-corrected chi connectivity index (χ4v) is 17.2. The summed E-state index contributed by atoms with van der Waals surface area (Å²) in [4.78, 5) is 101. The highest BCUT2D eigenvalue weighted by atomic mass is 16.8. The molecule has 5 aromatic rings. The standard InChI is InChI=1S/C89H111N3O47/c93-29-44-68-55(104)62(111)85(125-44)136-70-46(31-95)127-87(64(113)57(70)106)138-72-48(33-97)129-89(66(115)59(72)108)139-73-49(34-98)128-88(65(114)58(73)107)137-71-47(32-96)126-86(63(112)56(71)105)135-69-45(30-94)124-84(61(110)54(69)103)133-67-43(123-83(134-68)60(109)53(67)102)28-90-51(100)25-26-52(101)91-42(27-36-21-23-41(99)24-22-36)77(116)92-78-76(132-82(120)40-19-11-4-12-20-40)75(131-81(119)39-17-9-3-10-18-39)74(130-80(118)38-15-7-2-8-16-38)50(122-78)35-121-79(117)37-13-5-1-6-14-37/h1-24,42-50,53-76,78,83-89,93-99,102-115H,25-35H2,(H,90,100)(H,91,101)(H,92,116)/t42-,43+,44+,45+,46+,47+,48+,49+,50+,53+,54+,55+,56+,57+,58+,59+,60+,61+,62+,63+,64+,65+,66+,67+,68+,69+,70+,71+,72+,73+,74+,75-,76-,78+,83+,84+,85+,86+,87+,88+,89+/m0/s1. The Bertz CT molecular complexity index is 4790. The van der Waals surface area contributed by atoms with Gasteiger partial charge in [0.1, 0.15) is 195 Å². The lowest BCUT2D eigenvalue weighted by Gasteiger charge is -2.50. The van der Waals surface area contributed by atoms with Crippen LogP contribution in [0.5, 0.6) is 5.75 Å². The van der Waals surface area contributed by atoms with Crippen molar-refractivity contribution in [3.05, 3.63) is 173 Å². The predicted molar refractivity (Wildman–Crippen MR) is 448 cm³/mol. The maximum absolute atomic E-state index is 15.4. The monoisotopic (exact) mass is 1970 g/mol. The number of ether oxygens (including phenoxy) is 19. The summed E-state index contributed by atoms with van der Waals surface area (Å²) in [6.45, 7) is -8.72. The summed E-state index contributed by atoms with van der Waals surface area (Å²) in [5, 5.41) is 247. The molecular weight excluding hydrogens is 1860 g/mol. The van der Waals surface area contributed by atoms with Gasteiger partial charge in [0, 0.05) is 25.8 Å². The summed E-state index contributed by atoms with van der Waals surface area (Å²) in [6, 6.07) is 33.0. The first kappa shape index (κ1) is 106. The van der Waals surface area contributed by atoms with Crippen LogP contribution in [0.3, 0.4) is 0 Å². The average Bonchev–Trinajstić information content (AvgIpc) is 0.994. The first-order valence-electron chi connectivity index (χ1n) is 44.4. The number of aromatic hydroxyl groups is 1. The van der Waals surface area contributed by atoms with E-state index in [1.54, 1.807) is 36.4 Å². The van der Waals surface area contributed by atoms with E-state index in [2.05, 4.69) is 16.0 Å². The van der Waals surface area contributed by atoms with Gasteiger partial charge in [0.15, 0.2) is 68.6 Å². The molecule has 22 fully saturated rings. The van der Waals surface area contributed by atoms with E-state index in [9.17, 15) is 136 Å². The van der Waals surface area contributed by atoms with Gasteiger partial charge in [-0.3, -0.25) is 14.4 Å². The second-order valence-corrected chi connectivity index (χ2v) is 34.0. The summed E-state index contributed by atoms with van der Waals surface area (Å²) in [7, 11) is 0. The minimum Gasteiger partial charge on any atom is -0.508 e. The maximum atomic E-state index is 15.4. The summed E-state index contributed by atoms with van der Waals surface area (Å²) < 4.78 is 113. The van der Waals surface area contributed by atoms with Gasteiger partial charge in [-0.05, 0) is 66.2 Å². The average molecular weight is 1970 g/mol. The van der Waals surface area contributed by atoms with Gasteiger partial charge >= 0.3 is 23.9 Å². The molecule has 50 heteroatoms. The van der Waals surface area contributed by atoms with Gasteiger partial charge in [0.05, 0.1) is 61.9 Å². The molecule has 139 heavy (non-hydrogen) atoms. The highest BCUT2D eigenvalue weighted by molar-refractivity contribution is 5.93. The Kier molecular flexibility index (Phi) is 36.3. The van der Waals surface area contributed by atoms with Crippen LogP contribution in [-0.4, -0.2) is 453 Å². The molecule has 0 unspecified atom stereocenters. The zero-order valence-corrected chi connectivity index (χ0v) is 73.3. The number of benzene rings is 5. The molecule has 22 aliphatic heterocycles. The molecule has 24 N–H and O–H groups in total. The van der Waals surface area contributed by atoms with E-state index in [0.717, 1.165) is 0 Å². The number of phenols is 1. The summed E-state index contributed by atoms with van der Waals surface area (Å²) >= 11 is 0. The molecule has 22 aliphatic rings. The van der Waals surface area contributed by atoms with Crippen molar-refractivity contribution in [2.24, 2.45) is 0 Å². The highest BCUT2D eigenvalue weighted by Gasteiger charge is 2.62. The first-order valence-corrected chi connectivity index (χ1v) is 44.4. The molecule has 5 aromatic carbocycles. The second kappa shape index (κ2) is 47.8. The van der Waals surface area contributed by atoms with E-state index in [1.807, 2.05) is 0 Å². The summed E-state index contributed by atoms with van der Waals surface area (Å²) in [5.41, 5.74) is 0.0767. The van der Waals surface area contributed by atoms with Crippen molar-refractivity contribution in [1.29, 1.82) is 0 Å². The van der Waals surface area contributed by atoms with E-state index in [-0.39, 0.29) is 33.6 Å². The van der Waals surface area contributed by atoms with E-state index >= 15 is 4.79 Å². The van der Waals surface area contributed by atoms with Crippen LogP contribution in [0.15, 0.2) is 146 Å². The number of amides is 3. The fourth-order valence-electron chi connectivity index (χ4n) is 17.2. The van der Waals surface area contributed by atoms with Crippen LogP contribution in [0, 0.1) is 0 Å². The number of aliphatic hydroxyl groups excluding tert-OH is 20. The Morgan fingerprint density at radius 2 is 0.568 bits per heavy atom. The molecule has 14 bridgehead atoms. The van der Waals surface area contributed by atoms with Crippen molar-refractivity contribution in [1.82, 2.24) is 16.0 Å². The van der Waals surface area contributed by atoms with Gasteiger partial charge in [-0.1, -0.05) is 84.9 Å². The third-order valence-electron chi connectivity index (χ3n) is 24.8. The van der Waals surface area contributed by atoms with Crippen LogP contribution in [0.1, 0.15) is 59.8 Å². The molecule has 0 spiro atoms. The molecule has 3 amide bonds. The van der Waals surface area contributed by atoms with Crippen molar-refractivity contribution in [2.75, 3.05) is 52.8 Å². The fraction of sp³-hybridized carbons (Fsp3) is 0.584. The third-order valence-corrected chi connectivity index (χ3v) is 24.8. The maximum Gasteiger partial charge on any atom is 0.338 e. The lowest BCUT2D eigenvalue weighted by Crippen LogP contribution is -2.68. The van der Waals surface area contributed by atoms with Gasteiger partial charge in [-0.25, -0.2) is 19.2 Å². The van der Waals surface area contributed by atoms with E-state index in [0.29, 0.717) is 0 Å². The van der Waals surface area contributed by atoms with E-state index in [4.69, 9.17) is 90.0 Å². The second-order valence-electron chi connectivity index (χ2n) is 34.0. The minimum absolute atomic E-state index is 0.0390. The van der Waals surface area contributed by atoms with Crippen molar-refractivity contribution in [3.63, 3.8) is 0 Å². The SMILES string of the molecule is O=C(CCC(=O)N[C@@H](Cc1ccc(O)cc1)C(=O)N[C@@H]1O[C@H](COC(=O)c2ccccc2)[C@@H](OC(=O)c2ccccc2)[C@H](OC(=O)c2ccccc2)[C@@H]1OC(=O)c1ccccc1)NC[C@H]1O[C@@H]2O[C@H]3[C@H](O)[C@@H](O)[C@@H](O[C@H]4[C@H](O)[C@@H](O)[C@@H](O[C@H]5[C@H](O)[C@@H](O)[C@@H](O[C@H]6[C@H](O)[C@@H](O)[C@@H](O[C@H]7[C@H](O)[C@@H](O)[C@@H](O[C@H]8[C@H](O)[C@@H](O)[C@@H](O[C@H]1[C@H](O)[C@H]2O)O[C@@H]8CO)O[C@@H]7CO)O[C@@H]6CO)O[C@@H]5CO)O[C@@H]4CO)O[C@@H]3CO. The highest BCUT2D eigenvalue weighted by Crippen LogP contribution is 2.41. The molecule has 50 nitrogen and oxygen atoms in total. The van der Waals surface area contributed by atoms with Crippen LogP contribution in [0.25, 0.3) is 0 Å². The van der Waals surface area contributed by atoms with E-state index < -0.39 is 365 Å². The third kappa shape index (κ3) is 24.3. The van der Waals surface area contributed by atoms with Crippen LogP contribution in [0.4, 0.5) is 0 Å². The van der Waals surface area contributed by atoms with Crippen LogP contribution in [0.2, 0.25) is 0 Å². The van der Waals surface area contributed by atoms with Gasteiger partial charge in [0.2, 0.25) is 17.7 Å². The molecule has 0 radical (unpaired) electrons. The van der Waals surface area contributed by atoms with Crippen LogP contribution < -0.4 is 16.0 Å². The zero-order chi connectivity index (χ0) is 99.5. The van der Waals surface area contributed by atoms with Gasteiger partial charge in [0.25, 0.3) is 0 Å². The first-order chi connectivity index (χ1) is 66.7. The Morgan fingerprint density at radius 1 is 0.295 bits per heavy atom. The Hall–Kier alpha value is -9.21. The molecule has 27 rings (SSSR count). The largest absolute Gasteiger partial charge is 0.508 e.